The molecule has 0 saturated carbocycles. The van der Waals surface area contributed by atoms with Crippen LogP contribution >= 0.6 is 0 Å². The first-order valence-corrected chi connectivity index (χ1v) is 11.0. The first kappa shape index (κ1) is 18.9. The second-order valence-electron chi connectivity index (χ2n) is 8.32. The van der Waals surface area contributed by atoms with Crippen LogP contribution < -0.4 is 0 Å². The summed E-state index contributed by atoms with van der Waals surface area (Å²) in [7, 11) is -1.94. The van der Waals surface area contributed by atoms with Crippen LogP contribution in [0.15, 0.2) is 0 Å². The van der Waals surface area contributed by atoms with Crippen LogP contribution in [0, 0.1) is 11.8 Å². The van der Waals surface area contributed by atoms with Gasteiger partial charge in [0.2, 0.25) is 0 Å². The Kier molecular flexibility index (Phi) is 4.80. The van der Waals surface area contributed by atoms with E-state index in [0.29, 0.717) is 0 Å². The third-order valence-electron chi connectivity index (χ3n) is 5.01. The van der Waals surface area contributed by atoms with Crippen LogP contribution in [0.2, 0.25) is 18.1 Å². The highest BCUT2D eigenvalue weighted by atomic mass is 28.4. The third-order valence-corrected chi connectivity index (χ3v) is 9.51. The van der Waals surface area contributed by atoms with Crippen molar-refractivity contribution in [1.82, 2.24) is 0 Å². The number of ether oxygens (including phenoxy) is 3. The highest BCUT2D eigenvalue weighted by Crippen LogP contribution is 2.44. The molecule has 1 N–H and O–H groups in total. The van der Waals surface area contributed by atoms with Gasteiger partial charge in [-0.1, -0.05) is 26.7 Å². The van der Waals surface area contributed by atoms with Gasteiger partial charge in [0.15, 0.2) is 32.1 Å². The lowest BCUT2D eigenvalue weighted by Crippen LogP contribution is -2.52. The number of hydrogen-bond acceptors (Lipinski definition) is 5. The van der Waals surface area contributed by atoms with Crippen LogP contribution in [0.25, 0.3) is 0 Å². The van der Waals surface area contributed by atoms with Crippen molar-refractivity contribution in [3.05, 3.63) is 0 Å². The van der Waals surface area contributed by atoms with Crippen molar-refractivity contribution in [2.45, 2.75) is 89.6 Å². The fraction of sp³-hybridized carbons (Fsp3) is 0.882. The number of fused-ring (bicyclic) bond motifs is 1. The molecule has 0 radical (unpaired) electrons. The van der Waals surface area contributed by atoms with Crippen LogP contribution in [0.1, 0.15) is 41.5 Å². The van der Waals surface area contributed by atoms with Crippen LogP contribution in [-0.4, -0.2) is 49.9 Å². The van der Waals surface area contributed by atoms with Gasteiger partial charge in [0.25, 0.3) is 0 Å². The summed E-state index contributed by atoms with van der Waals surface area (Å²) in [6.07, 6.45) is -1.84. The molecule has 2 rings (SSSR count). The van der Waals surface area contributed by atoms with Gasteiger partial charge in [0.1, 0.15) is 6.10 Å². The molecule has 2 heterocycles. The van der Waals surface area contributed by atoms with Crippen molar-refractivity contribution in [1.29, 1.82) is 0 Å². The van der Waals surface area contributed by atoms with Gasteiger partial charge >= 0.3 is 0 Å². The lowest BCUT2D eigenvalue weighted by Gasteiger charge is -2.38. The van der Waals surface area contributed by atoms with E-state index in [2.05, 4.69) is 45.7 Å². The SMILES string of the molecule is CC#C[C@@]1(O)[C@@H](CO[Si](C)(C)C(C)(C)C)O[C@@H]2OC(C)(C)O[C@@H]21. The van der Waals surface area contributed by atoms with Crippen LogP contribution in [0.3, 0.4) is 0 Å². The Labute approximate surface area is 140 Å². The molecule has 6 heteroatoms. The summed E-state index contributed by atoms with van der Waals surface area (Å²) < 4.78 is 23.7. The van der Waals surface area contributed by atoms with Gasteiger partial charge in [-0.25, -0.2) is 0 Å². The minimum atomic E-state index is -1.94. The summed E-state index contributed by atoms with van der Waals surface area (Å²) in [6.45, 7) is 16.4. The largest absolute Gasteiger partial charge is 0.414 e. The van der Waals surface area contributed by atoms with Crippen molar-refractivity contribution in [3.8, 4) is 11.8 Å². The van der Waals surface area contributed by atoms with Gasteiger partial charge in [0, 0.05) is 0 Å². The lowest BCUT2D eigenvalue weighted by molar-refractivity contribution is -0.225. The average Bonchev–Trinajstić information content (AvgIpc) is 2.79. The van der Waals surface area contributed by atoms with Crippen LogP contribution in [-0.2, 0) is 18.6 Å². The van der Waals surface area contributed by atoms with Crippen molar-refractivity contribution >= 4 is 8.32 Å². The molecular formula is C17H30O5Si. The predicted molar refractivity (Wildman–Crippen MR) is 90.2 cm³/mol. The molecule has 4 atom stereocenters. The zero-order valence-corrected chi connectivity index (χ0v) is 16.5. The number of hydrogen-bond donors (Lipinski definition) is 1. The van der Waals surface area contributed by atoms with E-state index in [1.807, 2.05) is 0 Å². The topological polar surface area (TPSA) is 57.2 Å². The van der Waals surface area contributed by atoms with Crippen LogP contribution in [0.5, 0.6) is 0 Å². The fourth-order valence-corrected chi connectivity index (χ4v) is 3.60. The molecule has 0 aromatic rings. The van der Waals surface area contributed by atoms with Gasteiger partial charge < -0.3 is 23.7 Å². The van der Waals surface area contributed by atoms with Crippen LogP contribution in [0.4, 0.5) is 0 Å². The Morgan fingerprint density at radius 1 is 1.22 bits per heavy atom. The molecule has 5 nitrogen and oxygen atoms in total. The van der Waals surface area contributed by atoms with Gasteiger partial charge in [-0.05, 0) is 38.9 Å². The van der Waals surface area contributed by atoms with Crippen molar-refractivity contribution in [2.75, 3.05) is 6.61 Å². The second kappa shape index (κ2) is 5.83. The molecule has 132 valence electrons. The summed E-state index contributed by atoms with van der Waals surface area (Å²) in [5.74, 6) is 4.87. The predicted octanol–water partition coefficient (Wildman–Crippen LogP) is 2.64. The van der Waals surface area contributed by atoms with E-state index in [9.17, 15) is 5.11 Å². The molecule has 2 aliphatic heterocycles. The minimum absolute atomic E-state index is 0.0883. The van der Waals surface area contributed by atoms with E-state index in [1.54, 1.807) is 20.8 Å². The second-order valence-corrected chi connectivity index (χ2v) is 13.1. The maximum Gasteiger partial charge on any atom is 0.192 e. The highest BCUT2D eigenvalue weighted by molar-refractivity contribution is 6.74. The average molecular weight is 343 g/mol. The molecule has 0 bridgehead atoms. The van der Waals surface area contributed by atoms with E-state index >= 15 is 0 Å². The van der Waals surface area contributed by atoms with Crippen molar-refractivity contribution < 1.29 is 23.7 Å². The van der Waals surface area contributed by atoms with E-state index < -0.39 is 38.2 Å². The molecule has 0 aliphatic carbocycles. The molecule has 0 spiro atoms. The molecule has 2 fully saturated rings. The molecule has 23 heavy (non-hydrogen) atoms. The molecule has 2 saturated heterocycles. The van der Waals surface area contributed by atoms with Gasteiger partial charge in [-0.15, -0.1) is 5.92 Å². The number of aliphatic hydroxyl groups is 1. The Hall–Kier alpha value is -0.423. The molecule has 0 unspecified atom stereocenters. The Bertz CT molecular complexity index is 513. The van der Waals surface area contributed by atoms with E-state index in [1.165, 1.54) is 0 Å². The first-order valence-electron chi connectivity index (χ1n) is 8.14. The summed E-state index contributed by atoms with van der Waals surface area (Å²) >= 11 is 0. The molecule has 0 amide bonds. The Morgan fingerprint density at radius 3 is 2.35 bits per heavy atom. The first-order chi connectivity index (χ1) is 10.3. The van der Waals surface area contributed by atoms with Crippen molar-refractivity contribution in [2.24, 2.45) is 0 Å². The molecule has 0 aromatic heterocycles. The quantitative estimate of drug-likeness (QED) is 0.631. The Balaban J connectivity index is 2.15. The summed E-state index contributed by atoms with van der Waals surface area (Å²) in [4.78, 5) is 0. The normalized spacial score (nSPS) is 36.5. The summed E-state index contributed by atoms with van der Waals surface area (Å²) in [6, 6.07) is 0. The summed E-state index contributed by atoms with van der Waals surface area (Å²) in [5.41, 5.74) is -1.42. The third kappa shape index (κ3) is 3.50. The van der Waals surface area contributed by atoms with Gasteiger partial charge in [-0.3, -0.25) is 0 Å². The smallest absolute Gasteiger partial charge is 0.192 e. The highest BCUT2D eigenvalue weighted by Gasteiger charge is 2.63. The molecular weight excluding hydrogens is 312 g/mol. The summed E-state index contributed by atoms with van der Waals surface area (Å²) in [5, 5.41) is 11.2. The maximum absolute atomic E-state index is 11.1. The fourth-order valence-electron chi connectivity index (χ4n) is 2.59. The lowest BCUT2D eigenvalue weighted by atomic mass is 9.93. The van der Waals surface area contributed by atoms with E-state index in [4.69, 9.17) is 18.6 Å². The Morgan fingerprint density at radius 2 is 1.83 bits per heavy atom. The molecule has 2 aliphatic rings. The van der Waals surface area contributed by atoms with E-state index in [-0.39, 0.29) is 11.6 Å². The minimum Gasteiger partial charge on any atom is -0.414 e. The monoisotopic (exact) mass is 342 g/mol. The maximum atomic E-state index is 11.1. The standard InChI is InChI=1S/C17H30O5Si/c1-9-10-17(18)12(11-19-23(7,8)15(2,3)4)20-14-13(17)21-16(5,6)22-14/h12-14,18H,11H2,1-8H3/t12-,13+,14-,17-/m1/s1. The van der Waals surface area contributed by atoms with E-state index in [0.717, 1.165) is 0 Å². The number of rotatable bonds is 3. The zero-order valence-electron chi connectivity index (χ0n) is 15.5. The molecule has 0 aromatic carbocycles. The van der Waals surface area contributed by atoms with Gasteiger partial charge in [0.05, 0.1) is 6.61 Å². The zero-order chi connectivity index (χ0) is 17.7. The van der Waals surface area contributed by atoms with Gasteiger partial charge in [-0.2, -0.15) is 0 Å². The van der Waals surface area contributed by atoms with Crippen molar-refractivity contribution in [3.63, 3.8) is 0 Å².